The second kappa shape index (κ2) is 4.52. The normalized spacial score (nSPS) is 30.3. The summed E-state index contributed by atoms with van der Waals surface area (Å²) >= 11 is 0. The van der Waals surface area contributed by atoms with Crippen molar-refractivity contribution in [2.24, 2.45) is 5.41 Å². The lowest BCUT2D eigenvalue weighted by molar-refractivity contribution is -0.130. The van der Waals surface area contributed by atoms with Gasteiger partial charge >= 0.3 is 0 Å². The maximum atomic E-state index is 11.8. The number of amides is 1. The second-order valence-corrected chi connectivity index (χ2v) is 4.97. The van der Waals surface area contributed by atoms with Crippen LogP contribution in [0.1, 0.15) is 39.0 Å². The molecule has 3 heteroatoms. The van der Waals surface area contributed by atoms with Gasteiger partial charge in [-0.15, -0.1) is 0 Å². The van der Waals surface area contributed by atoms with Crippen LogP contribution in [0.4, 0.5) is 0 Å². The zero-order valence-corrected chi connectivity index (χ0v) is 9.63. The molecule has 86 valence electrons. The van der Waals surface area contributed by atoms with E-state index >= 15 is 0 Å². The first-order valence-electron chi connectivity index (χ1n) is 6.11. The highest BCUT2D eigenvalue weighted by Gasteiger charge is 2.42. The van der Waals surface area contributed by atoms with Crippen molar-refractivity contribution in [2.75, 3.05) is 26.3 Å². The van der Waals surface area contributed by atoms with Crippen molar-refractivity contribution in [3.8, 4) is 0 Å². The van der Waals surface area contributed by atoms with Crippen LogP contribution in [0.5, 0.6) is 0 Å². The third-order valence-corrected chi connectivity index (χ3v) is 3.72. The first kappa shape index (κ1) is 10.9. The third-order valence-electron chi connectivity index (χ3n) is 3.72. The Hall–Kier alpha value is -0.570. The number of rotatable bonds is 3. The SMILES string of the molecule is CCCCC(=O)N1CC[C@@]2(CCOC2)C1. The van der Waals surface area contributed by atoms with E-state index in [2.05, 4.69) is 6.92 Å². The number of carbonyl (C=O) groups is 1. The van der Waals surface area contributed by atoms with E-state index in [1.165, 1.54) is 0 Å². The molecule has 2 rings (SSSR count). The van der Waals surface area contributed by atoms with Crippen LogP contribution >= 0.6 is 0 Å². The Balaban J connectivity index is 1.83. The van der Waals surface area contributed by atoms with E-state index in [9.17, 15) is 4.79 Å². The number of ether oxygens (including phenoxy) is 1. The summed E-state index contributed by atoms with van der Waals surface area (Å²) in [6.07, 6.45) is 5.15. The summed E-state index contributed by atoms with van der Waals surface area (Å²) in [7, 11) is 0. The average Bonchev–Trinajstić information content (AvgIpc) is 2.86. The fraction of sp³-hybridized carbons (Fsp3) is 0.917. The van der Waals surface area contributed by atoms with Crippen LogP contribution in [-0.4, -0.2) is 37.1 Å². The quantitative estimate of drug-likeness (QED) is 0.712. The molecule has 0 aromatic heterocycles. The average molecular weight is 211 g/mol. The molecule has 2 heterocycles. The smallest absolute Gasteiger partial charge is 0.222 e. The van der Waals surface area contributed by atoms with Gasteiger partial charge in [0.05, 0.1) is 6.61 Å². The maximum Gasteiger partial charge on any atom is 0.222 e. The highest BCUT2D eigenvalue weighted by Crippen LogP contribution is 2.38. The van der Waals surface area contributed by atoms with Crippen molar-refractivity contribution < 1.29 is 9.53 Å². The van der Waals surface area contributed by atoms with Crippen molar-refractivity contribution >= 4 is 5.91 Å². The van der Waals surface area contributed by atoms with Gasteiger partial charge in [0.15, 0.2) is 0 Å². The molecule has 3 nitrogen and oxygen atoms in total. The van der Waals surface area contributed by atoms with Crippen molar-refractivity contribution in [1.29, 1.82) is 0 Å². The molecule has 2 saturated heterocycles. The minimum atomic E-state index is 0.321. The van der Waals surface area contributed by atoms with Crippen molar-refractivity contribution in [3.05, 3.63) is 0 Å². The summed E-state index contributed by atoms with van der Waals surface area (Å²) in [4.78, 5) is 13.9. The van der Waals surface area contributed by atoms with Gasteiger partial charge in [0.2, 0.25) is 5.91 Å². The molecule has 0 unspecified atom stereocenters. The summed E-state index contributed by atoms with van der Waals surface area (Å²) in [6.45, 7) is 5.77. The van der Waals surface area contributed by atoms with Crippen LogP contribution in [0.2, 0.25) is 0 Å². The van der Waals surface area contributed by atoms with Crippen molar-refractivity contribution in [3.63, 3.8) is 0 Å². The fourth-order valence-electron chi connectivity index (χ4n) is 2.61. The van der Waals surface area contributed by atoms with Crippen LogP contribution in [0.15, 0.2) is 0 Å². The summed E-state index contributed by atoms with van der Waals surface area (Å²) in [5.74, 6) is 0.348. The van der Waals surface area contributed by atoms with Gasteiger partial charge in [-0.25, -0.2) is 0 Å². The fourth-order valence-corrected chi connectivity index (χ4v) is 2.61. The molecule has 0 aromatic carbocycles. The van der Waals surface area contributed by atoms with Gasteiger partial charge in [0.1, 0.15) is 0 Å². The van der Waals surface area contributed by atoms with Crippen molar-refractivity contribution in [2.45, 2.75) is 39.0 Å². The van der Waals surface area contributed by atoms with Crippen LogP contribution in [0.25, 0.3) is 0 Å². The highest BCUT2D eigenvalue weighted by molar-refractivity contribution is 5.76. The number of unbranched alkanes of at least 4 members (excludes halogenated alkanes) is 1. The van der Waals surface area contributed by atoms with E-state index in [1.807, 2.05) is 4.90 Å². The third kappa shape index (κ3) is 2.33. The van der Waals surface area contributed by atoms with Gasteiger partial charge in [0, 0.05) is 31.5 Å². The first-order chi connectivity index (χ1) is 7.26. The Morgan fingerprint density at radius 2 is 2.33 bits per heavy atom. The Labute approximate surface area is 91.8 Å². The maximum absolute atomic E-state index is 11.8. The zero-order valence-electron chi connectivity index (χ0n) is 9.63. The van der Waals surface area contributed by atoms with Gasteiger partial charge in [-0.3, -0.25) is 4.79 Å². The molecule has 1 spiro atoms. The molecular weight excluding hydrogens is 190 g/mol. The monoisotopic (exact) mass is 211 g/mol. The molecule has 0 aromatic rings. The summed E-state index contributed by atoms with van der Waals surface area (Å²) < 4.78 is 5.45. The van der Waals surface area contributed by atoms with E-state index < -0.39 is 0 Å². The molecule has 0 aliphatic carbocycles. The predicted octanol–water partition coefficient (Wildman–Crippen LogP) is 1.82. The number of likely N-dealkylation sites (tertiary alicyclic amines) is 1. The molecule has 1 amide bonds. The number of nitrogens with zero attached hydrogens (tertiary/aromatic N) is 1. The predicted molar refractivity (Wildman–Crippen MR) is 58.6 cm³/mol. The van der Waals surface area contributed by atoms with Gasteiger partial charge in [-0.05, 0) is 19.3 Å². The molecule has 2 fully saturated rings. The Morgan fingerprint density at radius 3 is 3.00 bits per heavy atom. The molecule has 2 aliphatic heterocycles. The van der Waals surface area contributed by atoms with Gasteiger partial charge < -0.3 is 9.64 Å². The first-order valence-corrected chi connectivity index (χ1v) is 6.11. The van der Waals surface area contributed by atoms with Crippen LogP contribution < -0.4 is 0 Å². The van der Waals surface area contributed by atoms with Gasteiger partial charge in [-0.2, -0.15) is 0 Å². The van der Waals surface area contributed by atoms with E-state index in [0.717, 1.165) is 58.4 Å². The highest BCUT2D eigenvalue weighted by atomic mass is 16.5. The van der Waals surface area contributed by atoms with Crippen molar-refractivity contribution in [1.82, 2.24) is 4.90 Å². The Morgan fingerprint density at radius 1 is 1.47 bits per heavy atom. The zero-order chi connectivity index (χ0) is 10.7. The molecule has 0 N–H and O–H groups in total. The number of carbonyl (C=O) groups excluding carboxylic acids is 1. The number of hydrogen-bond donors (Lipinski definition) is 0. The molecule has 0 bridgehead atoms. The molecule has 0 saturated carbocycles. The van der Waals surface area contributed by atoms with Gasteiger partial charge in [-0.1, -0.05) is 13.3 Å². The van der Waals surface area contributed by atoms with E-state index in [-0.39, 0.29) is 0 Å². The summed E-state index contributed by atoms with van der Waals surface area (Å²) in [6, 6.07) is 0. The summed E-state index contributed by atoms with van der Waals surface area (Å²) in [5.41, 5.74) is 0.321. The minimum absolute atomic E-state index is 0.321. The standard InChI is InChI=1S/C12H21NO2/c1-2-3-4-11(14)13-7-5-12(9-13)6-8-15-10-12/h2-10H2,1H3/t12-/m1/s1. The van der Waals surface area contributed by atoms with E-state index in [1.54, 1.807) is 0 Å². The summed E-state index contributed by atoms with van der Waals surface area (Å²) in [5, 5.41) is 0. The largest absolute Gasteiger partial charge is 0.381 e. The lowest BCUT2D eigenvalue weighted by atomic mass is 9.87. The lowest BCUT2D eigenvalue weighted by Crippen LogP contribution is -2.32. The van der Waals surface area contributed by atoms with E-state index in [0.29, 0.717) is 11.3 Å². The van der Waals surface area contributed by atoms with Crippen LogP contribution in [0, 0.1) is 5.41 Å². The Bertz CT molecular complexity index is 234. The minimum Gasteiger partial charge on any atom is -0.381 e. The van der Waals surface area contributed by atoms with E-state index in [4.69, 9.17) is 4.74 Å². The second-order valence-electron chi connectivity index (χ2n) is 4.97. The molecular formula is C12H21NO2. The van der Waals surface area contributed by atoms with Crippen LogP contribution in [0.3, 0.4) is 0 Å². The lowest BCUT2D eigenvalue weighted by Gasteiger charge is -2.21. The molecule has 15 heavy (non-hydrogen) atoms. The van der Waals surface area contributed by atoms with Crippen LogP contribution in [-0.2, 0) is 9.53 Å². The number of hydrogen-bond acceptors (Lipinski definition) is 2. The molecule has 1 atom stereocenters. The Kier molecular flexibility index (Phi) is 3.29. The molecule has 2 aliphatic rings. The topological polar surface area (TPSA) is 29.5 Å². The molecule has 0 radical (unpaired) electrons. The van der Waals surface area contributed by atoms with Gasteiger partial charge in [0.25, 0.3) is 0 Å².